The van der Waals surface area contributed by atoms with Crippen LogP contribution in [0.5, 0.6) is 5.88 Å². The van der Waals surface area contributed by atoms with Crippen LogP contribution in [0.15, 0.2) is 55.0 Å². The molecule has 148 valence electrons. The highest BCUT2D eigenvalue weighted by Crippen LogP contribution is 2.44. The van der Waals surface area contributed by atoms with Crippen molar-refractivity contribution in [1.82, 2.24) is 24.9 Å². The van der Waals surface area contributed by atoms with E-state index in [0.29, 0.717) is 22.7 Å². The van der Waals surface area contributed by atoms with Crippen LogP contribution in [-0.4, -0.2) is 49.0 Å². The summed E-state index contributed by atoms with van der Waals surface area (Å²) in [5, 5.41) is 8.78. The Morgan fingerprint density at radius 1 is 1.24 bits per heavy atom. The van der Waals surface area contributed by atoms with Crippen LogP contribution < -0.4 is 4.74 Å². The van der Waals surface area contributed by atoms with E-state index in [0.717, 1.165) is 0 Å². The molecule has 0 radical (unpaired) electrons. The molecule has 8 heteroatoms. The minimum absolute atomic E-state index is 0.193. The summed E-state index contributed by atoms with van der Waals surface area (Å²) in [5.74, 6) is -0.248. The predicted molar refractivity (Wildman–Crippen MR) is 107 cm³/mol. The molecule has 1 aromatic carbocycles. The molecular weight excluding hydrogens is 390 g/mol. The second-order valence-corrected chi connectivity index (χ2v) is 7.65. The Labute approximate surface area is 176 Å². The zero-order valence-corrected chi connectivity index (χ0v) is 16.4. The number of likely N-dealkylation sites (tertiary alicyclic amines) is 1. The van der Waals surface area contributed by atoms with E-state index >= 15 is 0 Å². The van der Waals surface area contributed by atoms with E-state index in [9.17, 15) is 4.79 Å². The Hall–Kier alpha value is -2.93. The highest BCUT2D eigenvalue weighted by molar-refractivity contribution is 6.30. The number of para-hydroxylation sites is 1. The molecule has 1 saturated carbocycles. The van der Waals surface area contributed by atoms with Gasteiger partial charge in [-0.2, -0.15) is 15.0 Å². The van der Waals surface area contributed by atoms with Gasteiger partial charge in [-0.05, 0) is 43.8 Å². The molecule has 7 nitrogen and oxygen atoms in total. The number of hydrogen-bond donors (Lipinski definition) is 0. The van der Waals surface area contributed by atoms with Gasteiger partial charge in [0.05, 0.1) is 34.7 Å². The van der Waals surface area contributed by atoms with E-state index in [4.69, 9.17) is 19.1 Å². The molecule has 0 spiro atoms. The lowest BCUT2D eigenvalue weighted by Crippen LogP contribution is -2.51. The van der Waals surface area contributed by atoms with Gasteiger partial charge >= 0.3 is 0 Å². The van der Waals surface area contributed by atoms with E-state index in [-0.39, 0.29) is 23.7 Å². The van der Waals surface area contributed by atoms with Gasteiger partial charge in [0, 0.05) is 21.0 Å². The van der Waals surface area contributed by atoms with Crippen molar-refractivity contribution >= 4 is 17.5 Å². The van der Waals surface area contributed by atoms with Crippen LogP contribution in [0, 0.1) is 5.92 Å². The van der Waals surface area contributed by atoms with E-state index in [1.165, 1.54) is 11.0 Å². The van der Waals surface area contributed by atoms with Crippen molar-refractivity contribution in [2.75, 3.05) is 0 Å². The van der Waals surface area contributed by atoms with E-state index < -0.39 is 18.5 Å². The highest BCUT2D eigenvalue weighted by Gasteiger charge is 2.52. The molecule has 1 amide bonds. The summed E-state index contributed by atoms with van der Waals surface area (Å²) in [6.07, 6.45) is 2.67. The summed E-state index contributed by atoms with van der Waals surface area (Å²) < 4.78 is 23.3. The van der Waals surface area contributed by atoms with Crippen molar-refractivity contribution in [1.29, 1.82) is 0 Å². The van der Waals surface area contributed by atoms with Gasteiger partial charge in [0.15, 0.2) is 0 Å². The van der Waals surface area contributed by atoms with Crippen molar-refractivity contribution in [3.8, 4) is 11.6 Å². The first-order chi connectivity index (χ1) is 14.9. The number of benzene rings is 1. The molecule has 4 atom stereocenters. The van der Waals surface area contributed by atoms with Crippen molar-refractivity contribution in [3.63, 3.8) is 0 Å². The molecule has 2 aliphatic rings. The fourth-order valence-corrected chi connectivity index (χ4v) is 4.30. The van der Waals surface area contributed by atoms with Gasteiger partial charge in [-0.3, -0.25) is 4.79 Å². The predicted octanol–water partition coefficient (Wildman–Crippen LogP) is 3.39. The van der Waals surface area contributed by atoms with Crippen molar-refractivity contribution in [2.45, 2.75) is 37.9 Å². The molecule has 4 unspecified atom stereocenters. The number of carbonyl (C=O) groups is 1. The lowest BCUT2D eigenvalue weighted by atomic mass is 9.98. The third kappa shape index (κ3) is 3.15. The summed E-state index contributed by atoms with van der Waals surface area (Å²) in [6, 6.07) is 9.71. The Morgan fingerprint density at radius 2 is 2.03 bits per heavy atom. The van der Waals surface area contributed by atoms with E-state index in [1.54, 1.807) is 47.6 Å². The maximum atomic E-state index is 13.7. The first-order valence-corrected chi connectivity index (χ1v) is 9.82. The molecule has 3 heterocycles. The first kappa shape index (κ1) is 15.9. The lowest BCUT2D eigenvalue weighted by Gasteiger charge is -2.38. The number of rotatable bonds is 4. The molecule has 1 aliphatic heterocycles. The van der Waals surface area contributed by atoms with Gasteiger partial charge in [0.1, 0.15) is 6.10 Å². The van der Waals surface area contributed by atoms with Gasteiger partial charge in [-0.25, -0.2) is 4.98 Å². The Morgan fingerprint density at radius 3 is 2.76 bits per heavy atom. The van der Waals surface area contributed by atoms with Crippen molar-refractivity contribution in [2.24, 2.45) is 5.92 Å². The molecule has 2 bridgehead atoms. The summed E-state index contributed by atoms with van der Waals surface area (Å²) in [7, 11) is 0. The molecule has 2 aromatic heterocycles. The number of hydrogen-bond acceptors (Lipinski definition) is 5. The molecule has 1 aliphatic carbocycles. The second kappa shape index (κ2) is 7.15. The summed E-state index contributed by atoms with van der Waals surface area (Å²) in [4.78, 5) is 21.0. The standard InChI is InChI=1S/C21H20ClN5O2/c1-13-14-10-18(19(11-14)29-20-7-6-15(22)12-23-20)26(13)21(28)16-4-2-3-5-17(16)27-24-8-9-25-27/h2-9,12-14,18-19H,10-11H2,1H3/i11D2. The highest BCUT2D eigenvalue weighted by atomic mass is 35.5. The van der Waals surface area contributed by atoms with Crippen molar-refractivity contribution < 1.29 is 12.3 Å². The quantitative estimate of drug-likeness (QED) is 0.658. The molecule has 1 saturated heterocycles. The summed E-state index contributed by atoms with van der Waals surface area (Å²) in [6.45, 7) is 1.89. The zero-order chi connectivity index (χ0) is 21.8. The van der Waals surface area contributed by atoms with Gasteiger partial charge in [-0.15, -0.1) is 0 Å². The Balaban J connectivity index is 1.48. The zero-order valence-electron chi connectivity index (χ0n) is 17.6. The van der Waals surface area contributed by atoms with E-state index in [2.05, 4.69) is 15.2 Å². The lowest BCUT2D eigenvalue weighted by molar-refractivity contribution is 0.0314. The number of aromatic nitrogens is 4. The molecule has 2 fully saturated rings. The minimum atomic E-state index is -1.59. The topological polar surface area (TPSA) is 73.1 Å². The van der Waals surface area contributed by atoms with Crippen LogP contribution in [0.3, 0.4) is 0 Å². The molecule has 3 aromatic rings. The maximum Gasteiger partial charge on any atom is 0.256 e. The summed E-state index contributed by atoms with van der Waals surface area (Å²) >= 11 is 5.90. The fourth-order valence-electron chi connectivity index (χ4n) is 4.18. The normalized spacial score (nSPS) is 28.1. The van der Waals surface area contributed by atoms with Gasteiger partial charge in [0.2, 0.25) is 5.88 Å². The number of piperidine rings is 1. The van der Waals surface area contributed by atoms with Crippen LogP contribution in [0.4, 0.5) is 0 Å². The average molecular weight is 412 g/mol. The largest absolute Gasteiger partial charge is 0.472 e. The number of amides is 1. The Bertz CT molecular complexity index is 1110. The third-order valence-corrected chi connectivity index (χ3v) is 5.78. The maximum absolute atomic E-state index is 13.7. The number of pyridine rings is 1. The molecule has 29 heavy (non-hydrogen) atoms. The second-order valence-electron chi connectivity index (χ2n) is 7.22. The van der Waals surface area contributed by atoms with Crippen LogP contribution in [0.1, 0.15) is 32.8 Å². The smallest absolute Gasteiger partial charge is 0.256 e. The van der Waals surface area contributed by atoms with Crippen LogP contribution in [0.25, 0.3) is 5.69 Å². The Kier molecular flexibility index (Phi) is 3.93. The average Bonchev–Trinajstić information content (AvgIpc) is 3.46. The van der Waals surface area contributed by atoms with Gasteiger partial charge in [0.25, 0.3) is 5.91 Å². The SMILES string of the molecule is [2H]C1([2H])C2CC(C1Oc1ccc(Cl)cn1)N(C(=O)c1ccccc1-n1nccn1)C2C. The number of fused-ring (bicyclic) bond motifs is 2. The number of carbonyl (C=O) groups excluding carboxylic acids is 1. The van der Waals surface area contributed by atoms with Crippen LogP contribution in [-0.2, 0) is 0 Å². The number of halogens is 1. The third-order valence-electron chi connectivity index (χ3n) is 5.55. The first-order valence-electron chi connectivity index (χ1n) is 10.4. The molecule has 0 N–H and O–H groups in total. The van der Waals surface area contributed by atoms with Crippen LogP contribution in [0.2, 0.25) is 5.02 Å². The van der Waals surface area contributed by atoms with E-state index in [1.807, 2.05) is 13.0 Å². The molecule has 5 rings (SSSR count). The van der Waals surface area contributed by atoms with Crippen LogP contribution >= 0.6 is 11.6 Å². The monoisotopic (exact) mass is 411 g/mol. The number of ether oxygens (including phenoxy) is 1. The number of nitrogens with zero attached hydrogens (tertiary/aromatic N) is 5. The molecular formula is C21H20ClN5O2. The van der Waals surface area contributed by atoms with Gasteiger partial charge in [-0.1, -0.05) is 23.7 Å². The fraction of sp³-hybridized carbons (Fsp3) is 0.333. The minimum Gasteiger partial charge on any atom is -0.472 e. The van der Waals surface area contributed by atoms with Crippen molar-refractivity contribution in [3.05, 3.63) is 65.6 Å². The summed E-state index contributed by atoms with van der Waals surface area (Å²) in [5.41, 5.74) is 1.04. The van der Waals surface area contributed by atoms with Gasteiger partial charge < -0.3 is 9.64 Å².